The zero-order valence-electron chi connectivity index (χ0n) is 15.6. The van der Waals surface area contributed by atoms with E-state index >= 15 is 0 Å². The lowest BCUT2D eigenvalue weighted by Crippen LogP contribution is -2.10. The van der Waals surface area contributed by atoms with Crippen LogP contribution in [0.25, 0.3) is 17.0 Å². The summed E-state index contributed by atoms with van der Waals surface area (Å²) in [5, 5.41) is 10.9. The maximum atomic E-state index is 13.2. The smallest absolute Gasteiger partial charge is 0.225 e. The van der Waals surface area contributed by atoms with Gasteiger partial charge >= 0.3 is 0 Å². The number of hydrogen-bond acceptors (Lipinski definition) is 5. The normalized spacial score (nSPS) is 15.1. The molecule has 1 atom stereocenters. The fourth-order valence-corrected chi connectivity index (χ4v) is 3.40. The standard InChI is InChI=1S/C20H20FN7/c1-11(13-5-7-15(21)8-6-13)23-20-22-10-17-19(25-20)28(12(2)24-17)18-9-16(26-27-18)14-3-4-14/h5-11,14H,3-4H2,1-2H3,(H,26,27)(H,22,23,25)/t11-/m0/s1. The SMILES string of the molecule is Cc1nc2cnc(N[C@@H](C)c3ccc(F)cc3)nc2n1-c1cc(C2CC2)[nH]n1. The summed E-state index contributed by atoms with van der Waals surface area (Å²) >= 11 is 0. The number of H-pyrrole nitrogens is 1. The van der Waals surface area contributed by atoms with Crippen molar-refractivity contribution in [1.29, 1.82) is 0 Å². The molecule has 3 heterocycles. The Morgan fingerprint density at radius 1 is 1.21 bits per heavy atom. The maximum absolute atomic E-state index is 13.2. The minimum absolute atomic E-state index is 0.0672. The number of benzene rings is 1. The Hall–Kier alpha value is -3.29. The molecule has 1 aromatic carbocycles. The molecule has 0 radical (unpaired) electrons. The van der Waals surface area contributed by atoms with Gasteiger partial charge in [0, 0.05) is 17.7 Å². The van der Waals surface area contributed by atoms with E-state index < -0.39 is 0 Å². The number of nitrogens with one attached hydrogen (secondary N) is 2. The van der Waals surface area contributed by atoms with E-state index in [1.807, 2.05) is 18.4 Å². The van der Waals surface area contributed by atoms with Crippen LogP contribution in [0.4, 0.5) is 10.3 Å². The van der Waals surface area contributed by atoms with Crippen molar-refractivity contribution < 1.29 is 4.39 Å². The number of nitrogens with zero attached hydrogens (tertiary/aromatic N) is 5. The molecule has 142 valence electrons. The molecule has 5 rings (SSSR count). The van der Waals surface area contributed by atoms with E-state index in [-0.39, 0.29) is 11.9 Å². The number of anilines is 1. The van der Waals surface area contributed by atoms with Crippen molar-refractivity contribution in [3.8, 4) is 5.82 Å². The summed E-state index contributed by atoms with van der Waals surface area (Å²) in [5.74, 6) is 2.43. The van der Waals surface area contributed by atoms with Gasteiger partial charge in [-0.15, -0.1) is 0 Å². The predicted molar refractivity (Wildman–Crippen MR) is 104 cm³/mol. The van der Waals surface area contributed by atoms with Gasteiger partial charge in [-0.2, -0.15) is 10.1 Å². The Morgan fingerprint density at radius 2 is 2.00 bits per heavy atom. The van der Waals surface area contributed by atoms with Crippen LogP contribution in [0.15, 0.2) is 36.5 Å². The van der Waals surface area contributed by atoms with Crippen LogP contribution in [-0.4, -0.2) is 29.7 Å². The third-order valence-electron chi connectivity index (χ3n) is 5.11. The van der Waals surface area contributed by atoms with Crippen molar-refractivity contribution >= 4 is 17.1 Å². The summed E-state index contributed by atoms with van der Waals surface area (Å²) in [7, 11) is 0. The topological polar surface area (TPSA) is 84.3 Å². The van der Waals surface area contributed by atoms with Crippen LogP contribution in [0.1, 0.15) is 48.8 Å². The first-order chi connectivity index (χ1) is 13.6. The van der Waals surface area contributed by atoms with Crippen LogP contribution in [0.2, 0.25) is 0 Å². The van der Waals surface area contributed by atoms with Gasteiger partial charge in [0.15, 0.2) is 11.5 Å². The van der Waals surface area contributed by atoms with Gasteiger partial charge in [-0.1, -0.05) is 12.1 Å². The minimum atomic E-state index is -0.252. The van der Waals surface area contributed by atoms with Gasteiger partial charge in [0.2, 0.25) is 5.95 Å². The first kappa shape index (κ1) is 16.9. The largest absolute Gasteiger partial charge is 0.348 e. The lowest BCUT2D eigenvalue weighted by atomic mass is 10.1. The summed E-state index contributed by atoms with van der Waals surface area (Å²) in [5.41, 5.74) is 3.54. The monoisotopic (exact) mass is 377 g/mol. The second-order valence-electron chi connectivity index (χ2n) is 7.27. The summed E-state index contributed by atoms with van der Waals surface area (Å²) in [6, 6.07) is 8.41. The van der Waals surface area contributed by atoms with Crippen LogP contribution in [-0.2, 0) is 0 Å². The summed E-state index contributed by atoms with van der Waals surface area (Å²) in [6.07, 6.45) is 4.13. The second kappa shape index (κ2) is 6.40. The van der Waals surface area contributed by atoms with E-state index in [1.165, 1.54) is 25.0 Å². The van der Waals surface area contributed by atoms with Gasteiger partial charge in [0.25, 0.3) is 0 Å². The molecule has 1 aliphatic carbocycles. The number of aromatic amines is 1. The first-order valence-electron chi connectivity index (χ1n) is 9.38. The third-order valence-corrected chi connectivity index (χ3v) is 5.11. The number of aryl methyl sites for hydroxylation is 1. The molecule has 0 saturated heterocycles. The Morgan fingerprint density at radius 3 is 2.75 bits per heavy atom. The molecule has 0 spiro atoms. The minimum Gasteiger partial charge on any atom is -0.348 e. The van der Waals surface area contributed by atoms with Crippen molar-refractivity contribution in [3.63, 3.8) is 0 Å². The maximum Gasteiger partial charge on any atom is 0.225 e. The highest BCUT2D eigenvalue weighted by molar-refractivity contribution is 5.74. The van der Waals surface area contributed by atoms with Crippen molar-refractivity contribution in [2.75, 3.05) is 5.32 Å². The molecule has 0 bridgehead atoms. The molecule has 1 aliphatic rings. The van der Waals surface area contributed by atoms with Crippen LogP contribution in [0.5, 0.6) is 0 Å². The summed E-state index contributed by atoms with van der Waals surface area (Å²) in [6.45, 7) is 3.92. The van der Waals surface area contributed by atoms with E-state index in [0.29, 0.717) is 23.0 Å². The van der Waals surface area contributed by atoms with Crippen molar-refractivity contribution in [1.82, 2.24) is 29.7 Å². The van der Waals surface area contributed by atoms with Crippen molar-refractivity contribution in [3.05, 3.63) is 59.4 Å². The number of imidazole rings is 1. The molecule has 1 fully saturated rings. The molecule has 7 nitrogen and oxygen atoms in total. The fraction of sp³-hybridized carbons (Fsp3) is 0.300. The highest BCUT2D eigenvalue weighted by Gasteiger charge is 2.26. The first-order valence-corrected chi connectivity index (χ1v) is 9.38. The third kappa shape index (κ3) is 3.00. The van der Waals surface area contributed by atoms with E-state index in [0.717, 1.165) is 22.9 Å². The van der Waals surface area contributed by atoms with E-state index in [4.69, 9.17) is 0 Å². The Labute approximate surface area is 161 Å². The highest BCUT2D eigenvalue weighted by atomic mass is 19.1. The lowest BCUT2D eigenvalue weighted by molar-refractivity contribution is 0.626. The molecule has 28 heavy (non-hydrogen) atoms. The summed E-state index contributed by atoms with van der Waals surface area (Å²) in [4.78, 5) is 13.6. The summed E-state index contributed by atoms with van der Waals surface area (Å²) < 4.78 is 15.1. The molecule has 0 unspecified atom stereocenters. The van der Waals surface area contributed by atoms with Gasteiger partial charge in [-0.3, -0.25) is 9.67 Å². The number of halogens is 1. The van der Waals surface area contributed by atoms with Gasteiger partial charge < -0.3 is 5.32 Å². The molecule has 1 saturated carbocycles. The van der Waals surface area contributed by atoms with Crippen molar-refractivity contribution in [2.45, 2.75) is 38.6 Å². The average molecular weight is 377 g/mol. The van der Waals surface area contributed by atoms with E-state index in [2.05, 4.69) is 36.5 Å². The van der Waals surface area contributed by atoms with Gasteiger partial charge in [-0.25, -0.2) is 14.4 Å². The van der Waals surface area contributed by atoms with E-state index in [1.54, 1.807) is 18.3 Å². The molecule has 8 heteroatoms. The number of fused-ring (bicyclic) bond motifs is 1. The van der Waals surface area contributed by atoms with Gasteiger partial charge in [-0.05, 0) is 44.4 Å². The van der Waals surface area contributed by atoms with Crippen LogP contribution < -0.4 is 5.32 Å². The average Bonchev–Trinajstić information content (AvgIpc) is 3.33. The number of hydrogen-bond donors (Lipinski definition) is 2. The van der Waals surface area contributed by atoms with Crippen LogP contribution in [0.3, 0.4) is 0 Å². The molecule has 0 aliphatic heterocycles. The predicted octanol–water partition coefficient (Wildman–Crippen LogP) is 4.04. The molecule has 3 aromatic heterocycles. The highest BCUT2D eigenvalue weighted by Crippen LogP contribution is 2.39. The lowest BCUT2D eigenvalue weighted by Gasteiger charge is -2.14. The zero-order valence-corrected chi connectivity index (χ0v) is 15.6. The quantitative estimate of drug-likeness (QED) is 0.548. The Balaban J connectivity index is 1.48. The van der Waals surface area contributed by atoms with Gasteiger partial charge in [0.05, 0.1) is 12.2 Å². The molecular weight excluding hydrogens is 357 g/mol. The molecule has 2 N–H and O–H groups in total. The number of aromatic nitrogens is 6. The fourth-order valence-electron chi connectivity index (χ4n) is 3.40. The molecule has 0 amide bonds. The molecular formula is C20H20FN7. The van der Waals surface area contributed by atoms with Crippen molar-refractivity contribution in [2.24, 2.45) is 0 Å². The van der Waals surface area contributed by atoms with Gasteiger partial charge in [0.1, 0.15) is 17.2 Å². The molecule has 4 aromatic rings. The van der Waals surface area contributed by atoms with E-state index in [9.17, 15) is 4.39 Å². The Kier molecular flexibility index (Phi) is 3.85. The zero-order chi connectivity index (χ0) is 19.3. The number of rotatable bonds is 5. The van der Waals surface area contributed by atoms with Crippen LogP contribution >= 0.6 is 0 Å². The van der Waals surface area contributed by atoms with Crippen LogP contribution in [0, 0.1) is 12.7 Å². The Bertz CT molecular complexity index is 1140. The second-order valence-corrected chi connectivity index (χ2v) is 7.27.